The van der Waals surface area contributed by atoms with Gasteiger partial charge in [0.05, 0.1) is 18.9 Å². The molecule has 1 saturated heterocycles. The molecule has 0 aromatic heterocycles. The Morgan fingerprint density at radius 1 is 1.30 bits per heavy atom. The molecule has 0 bridgehead atoms. The Morgan fingerprint density at radius 2 is 1.93 bits per heavy atom. The number of rotatable bonds is 6. The molecule has 144 valence electrons. The van der Waals surface area contributed by atoms with Crippen molar-refractivity contribution in [3.05, 3.63) is 35.4 Å². The number of nitrogens with two attached hydrogens (primary N) is 1. The van der Waals surface area contributed by atoms with Crippen molar-refractivity contribution >= 4 is 17.7 Å². The number of carbonyl (C=O) groups excluding carboxylic acids is 3. The number of nitriles is 1. The standard InChI is InChI=1S/C20H26N4O3/c1-13(12-21)20(27)23-17-7-8-24(14(2)9-17)19(26)11-16-6-4-3-5-15(16)10-18(22)25/h3-6,13-14,17H,7-11H2,1-2H3,(H2,22,25)(H,23,27). The van der Waals surface area contributed by atoms with E-state index in [0.717, 1.165) is 11.1 Å². The first-order valence-electron chi connectivity index (χ1n) is 9.16. The number of nitrogens with zero attached hydrogens (tertiary/aromatic N) is 2. The minimum atomic E-state index is -0.679. The fourth-order valence-corrected chi connectivity index (χ4v) is 3.41. The molecule has 3 unspecified atom stereocenters. The monoisotopic (exact) mass is 370 g/mol. The summed E-state index contributed by atoms with van der Waals surface area (Å²) in [4.78, 5) is 37.7. The fourth-order valence-electron chi connectivity index (χ4n) is 3.41. The van der Waals surface area contributed by atoms with Crippen molar-refractivity contribution in [2.75, 3.05) is 6.54 Å². The van der Waals surface area contributed by atoms with Gasteiger partial charge in [0.2, 0.25) is 17.7 Å². The summed E-state index contributed by atoms with van der Waals surface area (Å²) in [6.07, 6.45) is 1.64. The van der Waals surface area contributed by atoms with Gasteiger partial charge >= 0.3 is 0 Å². The van der Waals surface area contributed by atoms with Crippen molar-refractivity contribution in [2.24, 2.45) is 11.7 Å². The van der Waals surface area contributed by atoms with Crippen molar-refractivity contribution in [1.29, 1.82) is 5.26 Å². The molecule has 7 heteroatoms. The molecular formula is C20H26N4O3. The number of hydrogen-bond donors (Lipinski definition) is 2. The zero-order valence-electron chi connectivity index (χ0n) is 15.8. The van der Waals surface area contributed by atoms with Gasteiger partial charge in [-0.1, -0.05) is 24.3 Å². The minimum absolute atomic E-state index is 0.00501. The number of amides is 3. The van der Waals surface area contributed by atoms with Gasteiger partial charge in [-0.2, -0.15) is 5.26 Å². The summed E-state index contributed by atoms with van der Waals surface area (Å²) in [5.74, 6) is -1.38. The molecule has 0 saturated carbocycles. The van der Waals surface area contributed by atoms with Crippen LogP contribution in [0.1, 0.15) is 37.8 Å². The molecule has 0 aliphatic carbocycles. The molecular weight excluding hydrogens is 344 g/mol. The van der Waals surface area contributed by atoms with Gasteiger partial charge in [-0.25, -0.2) is 0 Å². The van der Waals surface area contributed by atoms with Gasteiger partial charge in [0, 0.05) is 18.6 Å². The molecule has 0 spiro atoms. The van der Waals surface area contributed by atoms with Crippen molar-refractivity contribution in [1.82, 2.24) is 10.2 Å². The highest BCUT2D eigenvalue weighted by Crippen LogP contribution is 2.20. The van der Waals surface area contributed by atoms with Gasteiger partial charge in [-0.05, 0) is 37.8 Å². The lowest BCUT2D eigenvalue weighted by Gasteiger charge is -2.38. The van der Waals surface area contributed by atoms with Crippen molar-refractivity contribution in [3.63, 3.8) is 0 Å². The molecule has 1 aromatic rings. The van der Waals surface area contributed by atoms with E-state index in [1.165, 1.54) is 0 Å². The normalized spacial score (nSPS) is 20.4. The van der Waals surface area contributed by atoms with E-state index >= 15 is 0 Å². The van der Waals surface area contributed by atoms with E-state index in [1.807, 2.05) is 42.2 Å². The van der Waals surface area contributed by atoms with Gasteiger partial charge in [0.15, 0.2) is 0 Å². The lowest BCUT2D eigenvalue weighted by molar-refractivity contribution is -0.134. The quantitative estimate of drug-likeness (QED) is 0.774. The summed E-state index contributed by atoms with van der Waals surface area (Å²) >= 11 is 0. The number of primary amides is 1. The van der Waals surface area contributed by atoms with Crippen LogP contribution in [-0.2, 0) is 27.2 Å². The maximum Gasteiger partial charge on any atom is 0.237 e. The zero-order valence-corrected chi connectivity index (χ0v) is 15.8. The summed E-state index contributed by atoms with van der Waals surface area (Å²) in [5.41, 5.74) is 6.87. The van der Waals surface area contributed by atoms with Crippen molar-refractivity contribution < 1.29 is 14.4 Å². The van der Waals surface area contributed by atoms with E-state index in [1.54, 1.807) is 6.92 Å². The van der Waals surface area contributed by atoms with Crippen LogP contribution in [0.4, 0.5) is 0 Å². The number of likely N-dealkylation sites (tertiary alicyclic amines) is 1. The summed E-state index contributed by atoms with van der Waals surface area (Å²) < 4.78 is 0. The van der Waals surface area contributed by atoms with E-state index in [-0.39, 0.29) is 36.7 Å². The van der Waals surface area contributed by atoms with Crippen molar-refractivity contribution in [2.45, 2.75) is 51.6 Å². The van der Waals surface area contributed by atoms with E-state index < -0.39 is 11.8 Å². The Hall–Kier alpha value is -2.88. The predicted molar refractivity (Wildman–Crippen MR) is 100 cm³/mol. The second-order valence-electron chi connectivity index (χ2n) is 7.11. The van der Waals surface area contributed by atoms with Crippen LogP contribution in [0.3, 0.4) is 0 Å². The van der Waals surface area contributed by atoms with Crippen LogP contribution in [0.15, 0.2) is 24.3 Å². The Kier molecular flexibility index (Phi) is 6.94. The highest BCUT2D eigenvalue weighted by atomic mass is 16.2. The Labute approximate surface area is 159 Å². The Morgan fingerprint density at radius 3 is 2.48 bits per heavy atom. The molecule has 1 aliphatic rings. The Bertz CT molecular complexity index is 756. The predicted octanol–water partition coefficient (Wildman–Crippen LogP) is 0.912. The summed E-state index contributed by atoms with van der Waals surface area (Å²) in [5, 5.41) is 11.7. The van der Waals surface area contributed by atoms with Crippen LogP contribution >= 0.6 is 0 Å². The SMILES string of the molecule is CC(C#N)C(=O)NC1CCN(C(=O)Cc2ccccc2CC(N)=O)C(C)C1. The molecule has 2 rings (SSSR count). The third-order valence-corrected chi connectivity index (χ3v) is 4.95. The lowest BCUT2D eigenvalue weighted by Crippen LogP contribution is -2.51. The van der Waals surface area contributed by atoms with E-state index in [2.05, 4.69) is 5.32 Å². The van der Waals surface area contributed by atoms with Gasteiger partial charge < -0.3 is 16.0 Å². The van der Waals surface area contributed by atoms with Gasteiger partial charge in [0.1, 0.15) is 5.92 Å². The molecule has 1 aromatic carbocycles. The smallest absolute Gasteiger partial charge is 0.237 e. The molecule has 0 radical (unpaired) electrons. The van der Waals surface area contributed by atoms with Crippen molar-refractivity contribution in [3.8, 4) is 6.07 Å². The van der Waals surface area contributed by atoms with E-state index in [9.17, 15) is 14.4 Å². The first-order chi connectivity index (χ1) is 12.8. The average Bonchev–Trinajstić information content (AvgIpc) is 2.62. The molecule has 3 atom stereocenters. The van der Waals surface area contributed by atoms with Crippen LogP contribution < -0.4 is 11.1 Å². The molecule has 1 aliphatic heterocycles. The highest BCUT2D eigenvalue weighted by molar-refractivity contribution is 5.82. The maximum absolute atomic E-state index is 12.8. The van der Waals surface area contributed by atoms with E-state index in [4.69, 9.17) is 11.0 Å². The third-order valence-electron chi connectivity index (χ3n) is 4.95. The molecule has 27 heavy (non-hydrogen) atoms. The van der Waals surface area contributed by atoms with Gasteiger partial charge in [-0.3, -0.25) is 14.4 Å². The first kappa shape index (κ1) is 20.4. The number of piperidine rings is 1. The topological polar surface area (TPSA) is 116 Å². The first-order valence-corrected chi connectivity index (χ1v) is 9.16. The third kappa shape index (κ3) is 5.55. The average molecular weight is 370 g/mol. The van der Waals surface area contributed by atoms with Crippen LogP contribution in [-0.4, -0.2) is 41.2 Å². The second-order valence-corrected chi connectivity index (χ2v) is 7.11. The largest absolute Gasteiger partial charge is 0.369 e. The second kappa shape index (κ2) is 9.17. The molecule has 1 fully saturated rings. The molecule has 3 N–H and O–H groups in total. The highest BCUT2D eigenvalue weighted by Gasteiger charge is 2.30. The van der Waals surface area contributed by atoms with E-state index in [0.29, 0.717) is 19.4 Å². The molecule has 7 nitrogen and oxygen atoms in total. The maximum atomic E-state index is 12.8. The van der Waals surface area contributed by atoms with Crippen LogP contribution in [0.2, 0.25) is 0 Å². The summed E-state index contributed by atoms with van der Waals surface area (Å²) in [6, 6.07) is 9.21. The summed E-state index contributed by atoms with van der Waals surface area (Å²) in [7, 11) is 0. The summed E-state index contributed by atoms with van der Waals surface area (Å²) in [6.45, 7) is 4.07. The lowest BCUT2D eigenvalue weighted by atomic mass is 9.95. The van der Waals surface area contributed by atoms with Crippen LogP contribution in [0, 0.1) is 17.2 Å². The molecule has 3 amide bonds. The number of benzene rings is 1. The fraction of sp³-hybridized carbons (Fsp3) is 0.500. The zero-order chi connectivity index (χ0) is 20.0. The van der Waals surface area contributed by atoms with Crippen LogP contribution in [0.5, 0.6) is 0 Å². The Balaban J connectivity index is 1.96. The van der Waals surface area contributed by atoms with Crippen LogP contribution in [0.25, 0.3) is 0 Å². The number of hydrogen-bond acceptors (Lipinski definition) is 4. The number of nitrogens with one attached hydrogen (secondary N) is 1. The number of carbonyl (C=O) groups is 3. The minimum Gasteiger partial charge on any atom is -0.369 e. The van der Waals surface area contributed by atoms with Gasteiger partial charge in [0.25, 0.3) is 0 Å². The molecule has 1 heterocycles. The van der Waals surface area contributed by atoms with Gasteiger partial charge in [-0.15, -0.1) is 0 Å².